The number of nitrogens with zero attached hydrogens (tertiary/aromatic N) is 3. The topological polar surface area (TPSA) is 216 Å². The lowest BCUT2D eigenvalue weighted by atomic mass is 10.3. The summed E-state index contributed by atoms with van der Waals surface area (Å²) in [6.45, 7) is 0. The van der Waals surface area contributed by atoms with Crippen molar-refractivity contribution in [2.45, 2.75) is 0 Å². The van der Waals surface area contributed by atoms with Gasteiger partial charge in [-0.1, -0.05) is 35.4 Å². The van der Waals surface area contributed by atoms with Crippen LogP contribution in [-0.4, -0.2) is 18.1 Å². The van der Waals surface area contributed by atoms with E-state index in [9.17, 15) is 9.59 Å². The molecule has 11 heteroatoms. The average molecular weight is 282 g/mol. The normalized spacial score (nSPS) is 7.40. The van der Waals surface area contributed by atoms with E-state index in [4.69, 9.17) is 10.3 Å². The van der Waals surface area contributed by atoms with Crippen LogP contribution < -0.4 is 28.3 Å². The van der Waals surface area contributed by atoms with Gasteiger partial charge in [0.1, 0.15) is 0 Å². The second kappa shape index (κ2) is 12.0. The van der Waals surface area contributed by atoms with Gasteiger partial charge < -0.3 is 22.9 Å². The Kier molecular flexibility index (Phi) is 11.3. The Morgan fingerprint density at radius 2 is 1.40 bits per heavy atom. The third kappa shape index (κ3) is 20.0. The number of benzene rings is 1. The van der Waals surface area contributed by atoms with E-state index in [2.05, 4.69) is 33.0 Å². The van der Waals surface area contributed by atoms with Crippen molar-refractivity contribution >= 4 is 23.8 Å². The van der Waals surface area contributed by atoms with E-state index in [1.807, 2.05) is 18.2 Å². The van der Waals surface area contributed by atoms with Crippen LogP contribution in [0.5, 0.6) is 0 Å². The van der Waals surface area contributed by atoms with Gasteiger partial charge in [-0.3, -0.25) is 5.32 Å². The van der Waals surface area contributed by atoms with Crippen molar-refractivity contribution in [2.75, 3.05) is 0 Å². The molecule has 0 aliphatic heterocycles. The fraction of sp³-hybridized carbons (Fsp3) is 0. The fourth-order valence-corrected chi connectivity index (χ4v) is 0.668. The summed E-state index contributed by atoms with van der Waals surface area (Å²) in [6, 6.07) is 6.31. The number of imide groups is 1. The Morgan fingerprint density at radius 1 is 1.00 bits per heavy atom. The van der Waals surface area contributed by atoms with Crippen LogP contribution in [0.15, 0.2) is 35.4 Å². The first-order valence-electron chi connectivity index (χ1n) is 4.80. The molecule has 0 radical (unpaired) electrons. The summed E-state index contributed by atoms with van der Waals surface area (Å²) in [5.41, 5.74) is 26.0. The molecule has 0 unspecified atom stereocenters. The minimum atomic E-state index is -0.938. The molecule has 1 rings (SSSR count). The summed E-state index contributed by atoms with van der Waals surface area (Å²) in [6.07, 6.45) is 0. The largest absolute Gasteiger partial charge is 0.352 e. The first-order chi connectivity index (χ1) is 9.29. The van der Waals surface area contributed by atoms with E-state index in [0.29, 0.717) is 5.69 Å². The highest BCUT2D eigenvalue weighted by atomic mass is 16.2. The molecule has 1 aromatic rings. The quantitative estimate of drug-likeness (QED) is 0.280. The van der Waals surface area contributed by atoms with E-state index >= 15 is 0 Å². The summed E-state index contributed by atoms with van der Waals surface area (Å²) in [4.78, 5) is 30.9. The first kappa shape index (κ1) is 18.9. The van der Waals surface area contributed by atoms with E-state index in [-0.39, 0.29) is 0 Å². The maximum atomic E-state index is 9.62. The second-order valence-corrected chi connectivity index (χ2v) is 2.78. The molecule has 9 N–H and O–H groups in total. The van der Waals surface area contributed by atoms with Gasteiger partial charge in [0, 0.05) is 10.6 Å². The minimum absolute atomic E-state index is 0.653. The smallest absolute Gasteiger partial charge is 0.320 e. The Morgan fingerprint density at radius 3 is 1.65 bits per heavy atom. The number of nitrogens with two attached hydrogens (primary N) is 4. The number of hydrogen-bond donors (Lipinski definition) is 5. The Labute approximate surface area is 113 Å². The lowest BCUT2D eigenvalue weighted by Gasteiger charge is -1.88. The summed E-state index contributed by atoms with van der Waals surface area (Å²) >= 11 is 0. The SMILES string of the molecule is NC(=O)NC(N)=O.NC(N)=O.[N-]=[N+]=Nc1ccccc1. The number of hydrogen-bond acceptors (Lipinski definition) is 4. The standard InChI is InChI=1S/C6H5N3.C2H5N3O2.CH4N2O/c7-9-8-6-4-2-1-3-5-6;3-1(6)5-2(4)7;2-1(3)4/h1-5H;(H5,3,4,5,6,7);(H4,2,3,4). The van der Waals surface area contributed by atoms with Crippen LogP contribution in [0, 0.1) is 0 Å². The molecule has 108 valence electrons. The van der Waals surface area contributed by atoms with E-state index in [1.54, 1.807) is 17.4 Å². The second-order valence-electron chi connectivity index (χ2n) is 2.78. The molecule has 1 aromatic carbocycles. The zero-order chi connectivity index (χ0) is 16.0. The number of nitrogens with one attached hydrogen (secondary N) is 1. The third-order valence-electron chi connectivity index (χ3n) is 1.16. The van der Waals surface area contributed by atoms with Crippen molar-refractivity contribution in [3.63, 3.8) is 0 Å². The van der Waals surface area contributed by atoms with Crippen molar-refractivity contribution in [1.82, 2.24) is 5.32 Å². The van der Waals surface area contributed by atoms with Crippen molar-refractivity contribution < 1.29 is 14.4 Å². The van der Waals surface area contributed by atoms with Crippen LogP contribution in [0.2, 0.25) is 0 Å². The van der Waals surface area contributed by atoms with Gasteiger partial charge in [-0.25, -0.2) is 14.4 Å². The lowest BCUT2D eigenvalue weighted by Crippen LogP contribution is -2.38. The van der Waals surface area contributed by atoms with Gasteiger partial charge in [0.15, 0.2) is 0 Å². The molecule has 11 nitrogen and oxygen atoms in total. The van der Waals surface area contributed by atoms with E-state index < -0.39 is 18.1 Å². The van der Waals surface area contributed by atoms with Crippen LogP contribution in [-0.2, 0) is 0 Å². The number of carbonyl (C=O) groups is 3. The van der Waals surface area contributed by atoms with Crippen molar-refractivity contribution in [1.29, 1.82) is 0 Å². The molecule has 6 amide bonds. The molecular formula is C9H14N8O3. The van der Waals surface area contributed by atoms with Gasteiger partial charge in [-0.15, -0.1) is 0 Å². The number of carbonyl (C=O) groups excluding carboxylic acids is 3. The van der Waals surface area contributed by atoms with Crippen molar-refractivity contribution in [3.05, 3.63) is 40.8 Å². The van der Waals surface area contributed by atoms with Crippen LogP contribution in [0.4, 0.5) is 20.1 Å². The Hall–Kier alpha value is -3.46. The lowest BCUT2D eigenvalue weighted by molar-refractivity contribution is 0.236. The van der Waals surface area contributed by atoms with E-state index in [1.165, 1.54) is 0 Å². The maximum Gasteiger partial charge on any atom is 0.320 e. The molecule has 0 atom stereocenters. The fourth-order valence-electron chi connectivity index (χ4n) is 0.668. The summed E-state index contributed by atoms with van der Waals surface area (Å²) < 4.78 is 0. The highest BCUT2D eigenvalue weighted by molar-refractivity contribution is 5.91. The monoisotopic (exact) mass is 282 g/mol. The molecular weight excluding hydrogens is 268 g/mol. The predicted molar refractivity (Wildman–Crippen MR) is 71.3 cm³/mol. The first-order valence-corrected chi connectivity index (χ1v) is 4.80. The molecule has 0 fully saturated rings. The number of amides is 6. The molecule has 0 aliphatic rings. The number of urea groups is 3. The number of azide groups is 1. The molecule has 0 aliphatic carbocycles. The molecule has 0 bridgehead atoms. The van der Waals surface area contributed by atoms with Crippen molar-refractivity contribution in [3.8, 4) is 0 Å². The molecule has 0 spiro atoms. The molecule has 0 saturated heterocycles. The third-order valence-corrected chi connectivity index (χ3v) is 1.16. The summed E-state index contributed by atoms with van der Waals surface area (Å²) in [5.74, 6) is 0. The van der Waals surface area contributed by atoms with Gasteiger partial charge in [0.25, 0.3) is 0 Å². The predicted octanol–water partition coefficient (Wildman–Crippen LogP) is 0.386. The average Bonchev–Trinajstić information content (AvgIpc) is 2.29. The maximum absolute atomic E-state index is 9.62. The number of rotatable bonds is 1. The molecule has 20 heavy (non-hydrogen) atoms. The zero-order valence-corrected chi connectivity index (χ0v) is 10.3. The van der Waals surface area contributed by atoms with Gasteiger partial charge in [0.2, 0.25) is 0 Å². The van der Waals surface area contributed by atoms with Gasteiger partial charge in [-0.05, 0) is 5.53 Å². The summed E-state index contributed by atoms with van der Waals surface area (Å²) in [5, 5.41) is 4.97. The highest BCUT2D eigenvalue weighted by Gasteiger charge is 1.92. The van der Waals surface area contributed by atoms with Crippen molar-refractivity contribution in [2.24, 2.45) is 28.0 Å². The summed E-state index contributed by atoms with van der Waals surface area (Å²) in [7, 11) is 0. The Balaban J connectivity index is 0. The van der Waals surface area contributed by atoms with Gasteiger partial charge in [0.05, 0.1) is 0 Å². The molecule has 0 saturated carbocycles. The highest BCUT2D eigenvalue weighted by Crippen LogP contribution is 2.08. The van der Waals surface area contributed by atoms with E-state index in [0.717, 1.165) is 0 Å². The molecule has 0 aromatic heterocycles. The van der Waals surface area contributed by atoms with Crippen LogP contribution in [0.3, 0.4) is 0 Å². The minimum Gasteiger partial charge on any atom is -0.352 e. The van der Waals surface area contributed by atoms with Gasteiger partial charge >= 0.3 is 18.1 Å². The van der Waals surface area contributed by atoms with Crippen LogP contribution in [0.1, 0.15) is 0 Å². The zero-order valence-electron chi connectivity index (χ0n) is 10.3. The number of primary amides is 4. The van der Waals surface area contributed by atoms with Crippen LogP contribution in [0.25, 0.3) is 10.4 Å². The Bertz CT molecular complexity index is 467. The van der Waals surface area contributed by atoms with Gasteiger partial charge in [-0.2, -0.15) is 0 Å². The molecule has 0 heterocycles. The van der Waals surface area contributed by atoms with Crippen LogP contribution >= 0.6 is 0 Å².